The summed E-state index contributed by atoms with van der Waals surface area (Å²) < 4.78 is 5.19. The number of likely N-dealkylation sites (N-methyl/N-ethyl adjacent to an activating group) is 1. The fourth-order valence-electron chi connectivity index (χ4n) is 3.45. The maximum atomic E-state index is 12.0. The average molecular weight is 452 g/mol. The number of aliphatic imine (C=N–C) groups is 1. The van der Waals surface area contributed by atoms with Crippen LogP contribution in [0.5, 0.6) is 0 Å². The van der Waals surface area contributed by atoms with Gasteiger partial charge in [-0.2, -0.15) is 0 Å². The van der Waals surface area contributed by atoms with E-state index >= 15 is 0 Å². The Bertz CT molecular complexity index is 419. The second-order valence-corrected chi connectivity index (χ2v) is 6.51. The molecule has 2 saturated heterocycles. The van der Waals surface area contributed by atoms with Gasteiger partial charge in [0.15, 0.2) is 5.96 Å². The lowest BCUT2D eigenvalue weighted by Crippen LogP contribution is -2.48. The number of likely N-dealkylation sites (tertiary alicyclic amines) is 2. The second-order valence-electron chi connectivity index (χ2n) is 6.51. The SMILES string of the molecule is CCNC(=NCC1CCCN1C)N1CCCC(C(=O)OCC)C1.I. The van der Waals surface area contributed by atoms with Crippen LogP contribution in [0.15, 0.2) is 4.99 Å². The number of ether oxygens (including phenoxy) is 1. The monoisotopic (exact) mass is 452 g/mol. The van der Waals surface area contributed by atoms with Gasteiger partial charge in [0.05, 0.1) is 19.1 Å². The Morgan fingerprint density at radius 3 is 2.62 bits per heavy atom. The molecular weight excluding hydrogens is 419 g/mol. The molecule has 0 saturated carbocycles. The van der Waals surface area contributed by atoms with Gasteiger partial charge in [0, 0.05) is 25.7 Å². The summed E-state index contributed by atoms with van der Waals surface area (Å²) in [7, 11) is 2.18. The minimum Gasteiger partial charge on any atom is -0.466 e. The molecule has 0 aromatic carbocycles. The smallest absolute Gasteiger partial charge is 0.310 e. The van der Waals surface area contributed by atoms with E-state index in [9.17, 15) is 4.79 Å². The molecule has 0 radical (unpaired) electrons. The molecule has 0 aromatic heterocycles. The molecule has 2 atom stereocenters. The molecule has 7 heteroatoms. The van der Waals surface area contributed by atoms with Crippen LogP contribution in [0.1, 0.15) is 39.5 Å². The zero-order chi connectivity index (χ0) is 16.7. The Morgan fingerprint density at radius 1 is 1.25 bits per heavy atom. The van der Waals surface area contributed by atoms with Crippen molar-refractivity contribution in [1.82, 2.24) is 15.1 Å². The molecule has 2 aliphatic rings. The fraction of sp³-hybridized carbons (Fsp3) is 0.882. The number of halogens is 1. The molecule has 2 heterocycles. The molecule has 0 aromatic rings. The van der Waals surface area contributed by atoms with E-state index in [1.54, 1.807) is 0 Å². The lowest BCUT2D eigenvalue weighted by Gasteiger charge is -2.34. The quantitative estimate of drug-likeness (QED) is 0.299. The minimum atomic E-state index is -0.0661. The van der Waals surface area contributed by atoms with Crippen molar-refractivity contribution < 1.29 is 9.53 Å². The van der Waals surface area contributed by atoms with Crippen molar-refractivity contribution in [2.75, 3.05) is 46.4 Å². The number of nitrogens with zero attached hydrogens (tertiary/aromatic N) is 3. The van der Waals surface area contributed by atoms with E-state index in [0.29, 0.717) is 19.2 Å². The number of rotatable bonds is 5. The van der Waals surface area contributed by atoms with E-state index in [1.807, 2.05) is 6.92 Å². The Kier molecular flexibility index (Phi) is 9.95. The molecule has 1 N–H and O–H groups in total. The number of hydrogen-bond donors (Lipinski definition) is 1. The minimum absolute atomic E-state index is 0. The number of carbonyl (C=O) groups is 1. The van der Waals surface area contributed by atoms with Crippen LogP contribution in [0, 0.1) is 5.92 Å². The van der Waals surface area contributed by atoms with Gasteiger partial charge in [0.1, 0.15) is 0 Å². The van der Waals surface area contributed by atoms with Crippen LogP contribution < -0.4 is 5.32 Å². The lowest BCUT2D eigenvalue weighted by molar-refractivity contribution is -0.149. The first-order valence-electron chi connectivity index (χ1n) is 9.05. The third kappa shape index (κ3) is 6.06. The van der Waals surface area contributed by atoms with Gasteiger partial charge in [-0.25, -0.2) is 0 Å². The molecule has 2 aliphatic heterocycles. The van der Waals surface area contributed by atoms with Crippen molar-refractivity contribution in [3.8, 4) is 0 Å². The zero-order valence-electron chi connectivity index (χ0n) is 15.3. The number of hydrogen-bond acceptors (Lipinski definition) is 4. The molecule has 140 valence electrons. The summed E-state index contributed by atoms with van der Waals surface area (Å²) in [6, 6.07) is 0.550. The van der Waals surface area contributed by atoms with Crippen molar-refractivity contribution in [3.05, 3.63) is 0 Å². The van der Waals surface area contributed by atoms with E-state index < -0.39 is 0 Å². The highest BCUT2D eigenvalue weighted by Gasteiger charge is 2.29. The van der Waals surface area contributed by atoms with Crippen molar-refractivity contribution in [3.63, 3.8) is 0 Å². The molecule has 2 rings (SSSR count). The summed E-state index contributed by atoms with van der Waals surface area (Å²) in [5.74, 6) is 0.854. The van der Waals surface area contributed by atoms with Crippen molar-refractivity contribution in [2.24, 2.45) is 10.9 Å². The van der Waals surface area contributed by atoms with Gasteiger partial charge in [-0.3, -0.25) is 9.79 Å². The summed E-state index contributed by atoms with van der Waals surface area (Å²) in [6.45, 7) is 8.93. The van der Waals surface area contributed by atoms with E-state index in [1.165, 1.54) is 19.4 Å². The average Bonchev–Trinajstić information content (AvgIpc) is 2.97. The van der Waals surface area contributed by atoms with Crippen LogP contribution in [0.2, 0.25) is 0 Å². The van der Waals surface area contributed by atoms with Gasteiger partial charge in [0.25, 0.3) is 0 Å². The topological polar surface area (TPSA) is 57.2 Å². The highest BCUT2D eigenvalue weighted by atomic mass is 127. The van der Waals surface area contributed by atoms with E-state index in [0.717, 1.165) is 38.4 Å². The maximum absolute atomic E-state index is 12.0. The summed E-state index contributed by atoms with van der Waals surface area (Å²) in [5, 5.41) is 3.39. The molecule has 24 heavy (non-hydrogen) atoms. The first-order valence-corrected chi connectivity index (χ1v) is 9.05. The third-order valence-corrected chi connectivity index (χ3v) is 4.80. The predicted octanol–water partition coefficient (Wildman–Crippen LogP) is 1.94. The van der Waals surface area contributed by atoms with Gasteiger partial charge in [-0.05, 0) is 53.1 Å². The van der Waals surface area contributed by atoms with Crippen molar-refractivity contribution in [2.45, 2.75) is 45.6 Å². The second kappa shape index (κ2) is 11.1. The number of piperidine rings is 1. The van der Waals surface area contributed by atoms with Crippen LogP contribution in [0.25, 0.3) is 0 Å². The Labute approximate surface area is 163 Å². The van der Waals surface area contributed by atoms with Gasteiger partial charge < -0.3 is 19.9 Å². The number of nitrogens with one attached hydrogen (secondary N) is 1. The molecule has 6 nitrogen and oxygen atoms in total. The van der Waals surface area contributed by atoms with E-state index in [2.05, 4.69) is 29.1 Å². The Hall–Kier alpha value is -0.570. The van der Waals surface area contributed by atoms with Crippen molar-refractivity contribution >= 4 is 35.9 Å². The van der Waals surface area contributed by atoms with Gasteiger partial charge in [0.2, 0.25) is 0 Å². The van der Waals surface area contributed by atoms with Gasteiger partial charge in [-0.15, -0.1) is 24.0 Å². The van der Waals surface area contributed by atoms with Gasteiger partial charge >= 0.3 is 5.97 Å². The standard InChI is InChI=1S/C17H32N4O2.HI/c1-4-18-17(19-12-15-9-7-10-20(15)3)21-11-6-8-14(13-21)16(22)23-5-2;/h14-15H,4-13H2,1-3H3,(H,18,19);1H. The van der Waals surface area contributed by atoms with Crippen LogP contribution in [-0.2, 0) is 9.53 Å². The first kappa shape index (κ1) is 21.5. The number of esters is 1. The van der Waals surface area contributed by atoms with Crippen LogP contribution in [-0.4, -0.2) is 74.1 Å². The summed E-state index contributed by atoms with van der Waals surface area (Å²) in [5.41, 5.74) is 0. The predicted molar refractivity (Wildman–Crippen MR) is 108 cm³/mol. The highest BCUT2D eigenvalue weighted by Crippen LogP contribution is 2.19. The fourth-order valence-corrected chi connectivity index (χ4v) is 3.45. The van der Waals surface area contributed by atoms with Crippen LogP contribution in [0.3, 0.4) is 0 Å². The van der Waals surface area contributed by atoms with Crippen LogP contribution in [0.4, 0.5) is 0 Å². The van der Waals surface area contributed by atoms with Gasteiger partial charge in [-0.1, -0.05) is 0 Å². The first-order chi connectivity index (χ1) is 11.2. The summed E-state index contributed by atoms with van der Waals surface area (Å²) >= 11 is 0. The maximum Gasteiger partial charge on any atom is 0.310 e. The largest absolute Gasteiger partial charge is 0.466 e. The molecular formula is C17H33IN4O2. The normalized spacial score (nSPS) is 25.3. The molecule has 0 spiro atoms. The molecule has 2 unspecified atom stereocenters. The molecule has 2 fully saturated rings. The summed E-state index contributed by atoms with van der Waals surface area (Å²) in [6.07, 6.45) is 4.42. The van der Waals surface area contributed by atoms with Crippen molar-refractivity contribution in [1.29, 1.82) is 0 Å². The molecule has 0 bridgehead atoms. The third-order valence-electron chi connectivity index (χ3n) is 4.80. The number of carbonyl (C=O) groups excluding carboxylic acids is 1. The molecule has 0 aliphatic carbocycles. The Balaban J connectivity index is 0.00000288. The van der Waals surface area contributed by atoms with Crippen LogP contribution >= 0.6 is 24.0 Å². The highest BCUT2D eigenvalue weighted by molar-refractivity contribution is 14.0. The number of guanidine groups is 1. The van der Waals surface area contributed by atoms with E-state index in [4.69, 9.17) is 9.73 Å². The van der Waals surface area contributed by atoms with E-state index in [-0.39, 0.29) is 35.9 Å². The zero-order valence-corrected chi connectivity index (χ0v) is 17.6. The molecule has 0 amide bonds. The lowest BCUT2D eigenvalue weighted by atomic mass is 9.98. The summed E-state index contributed by atoms with van der Waals surface area (Å²) in [4.78, 5) is 21.5. The Morgan fingerprint density at radius 2 is 2.00 bits per heavy atom.